The lowest BCUT2D eigenvalue weighted by molar-refractivity contribution is 0.147. The van der Waals surface area contributed by atoms with E-state index in [0.717, 1.165) is 41.8 Å². The van der Waals surface area contributed by atoms with Crippen LogP contribution < -0.4 is 5.63 Å². The first-order chi connectivity index (χ1) is 14.1. The van der Waals surface area contributed by atoms with Gasteiger partial charge in [-0.2, -0.15) is 0 Å². The zero-order valence-corrected chi connectivity index (χ0v) is 16.9. The van der Waals surface area contributed by atoms with Gasteiger partial charge in [-0.15, -0.1) is 11.3 Å². The van der Waals surface area contributed by atoms with E-state index in [1.807, 2.05) is 30.3 Å². The Kier molecular flexibility index (Phi) is 4.58. The fourth-order valence-electron chi connectivity index (χ4n) is 3.75. The standard InChI is InChI=1S/C22H21N3O3S/c1-24-8-10-25(11-9-24)13-16-18(26)7-6-14-12-15(22(27)28-20(14)16)21-23-17-4-2-3-5-19(17)29-21/h2-7,12,26H,8-11,13H2,1H3. The summed E-state index contributed by atoms with van der Waals surface area (Å²) in [5.41, 5.74) is 2.02. The lowest BCUT2D eigenvalue weighted by Gasteiger charge is -2.32. The van der Waals surface area contributed by atoms with Crippen molar-refractivity contribution in [2.24, 2.45) is 0 Å². The van der Waals surface area contributed by atoms with Gasteiger partial charge in [-0.05, 0) is 37.4 Å². The van der Waals surface area contributed by atoms with Gasteiger partial charge in [-0.3, -0.25) is 4.90 Å². The molecule has 4 aromatic rings. The van der Waals surface area contributed by atoms with E-state index in [4.69, 9.17) is 4.42 Å². The van der Waals surface area contributed by atoms with Crippen LogP contribution >= 0.6 is 11.3 Å². The van der Waals surface area contributed by atoms with E-state index in [2.05, 4.69) is 21.8 Å². The molecule has 5 rings (SSSR count). The van der Waals surface area contributed by atoms with Crippen molar-refractivity contribution in [3.05, 3.63) is 58.4 Å². The second kappa shape index (κ2) is 7.26. The molecule has 1 saturated heterocycles. The minimum absolute atomic E-state index is 0.160. The van der Waals surface area contributed by atoms with E-state index in [-0.39, 0.29) is 5.75 Å². The number of rotatable bonds is 3. The highest BCUT2D eigenvalue weighted by Crippen LogP contribution is 2.33. The fraction of sp³-hybridized carbons (Fsp3) is 0.273. The Balaban J connectivity index is 1.57. The van der Waals surface area contributed by atoms with Crippen LogP contribution in [0.25, 0.3) is 31.8 Å². The Bertz CT molecular complexity index is 1220. The third-order valence-corrected chi connectivity index (χ3v) is 6.55. The Morgan fingerprint density at radius 3 is 2.72 bits per heavy atom. The van der Waals surface area contributed by atoms with Gasteiger partial charge in [0, 0.05) is 38.1 Å². The normalized spacial score (nSPS) is 16.0. The SMILES string of the molecule is CN1CCN(Cc2c(O)ccc3cc(-c4nc5ccccc5s4)c(=O)oc23)CC1. The first-order valence-electron chi connectivity index (χ1n) is 9.64. The van der Waals surface area contributed by atoms with Crippen LogP contribution in [0, 0.1) is 0 Å². The first-order valence-corrected chi connectivity index (χ1v) is 10.5. The van der Waals surface area contributed by atoms with Crippen LogP contribution in [0.1, 0.15) is 5.56 Å². The zero-order chi connectivity index (χ0) is 20.0. The molecule has 0 bridgehead atoms. The second-order valence-corrected chi connectivity index (χ2v) is 8.53. The number of piperazine rings is 1. The molecule has 2 aromatic heterocycles. The maximum absolute atomic E-state index is 12.8. The number of aromatic nitrogens is 1. The predicted molar refractivity (Wildman–Crippen MR) is 116 cm³/mol. The number of nitrogens with zero attached hydrogens (tertiary/aromatic N) is 3. The minimum atomic E-state index is -0.429. The topological polar surface area (TPSA) is 69.8 Å². The van der Waals surface area contributed by atoms with Gasteiger partial charge in [0.2, 0.25) is 0 Å². The van der Waals surface area contributed by atoms with E-state index in [0.29, 0.717) is 28.3 Å². The van der Waals surface area contributed by atoms with Gasteiger partial charge in [0.1, 0.15) is 16.3 Å². The van der Waals surface area contributed by atoms with Gasteiger partial charge in [0.05, 0.1) is 21.3 Å². The van der Waals surface area contributed by atoms with Crippen molar-refractivity contribution >= 4 is 32.5 Å². The van der Waals surface area contributed by atoms with E-state index >= 15 is 0 Å². The maximum atomic E-state index is 12.8. The number of para-hydroxylation sites is 1. The number of benzene rings is 2. The zero-order valence-electron chi connectivity index (χ0n) is 16.1. The molecular weight excluding hydrogens is 386 g/mol. The summed E-state index contributed by atoms with van der Waals surface area (Å²) in [6.07, 6.45) is 0. The molecule has 3 heterocycles. The largest absolute Gasteiger partial charge is 0.507 e. The highest BCUT2D eigenvalue weighted by atomic mass is 32.1. The molecule has 1 fully saturated rings. The van der Waals surface area contributed by atoms with Crippen LogP contribution in [-0.2, 0) is 6.54 Å². The average molecular weight is 407 g/mol. The molecule has 0 atom stereocenters. The highest BCUT2D eigenvalue weighted by Gasteiger charge is 2.20. The van der Waals surface area contributed by atoms with Gasteiger partial charge in [0.15, 0.2) is 0 Å². The van der Waals surface area contributed by atoms with Crippen LogP contribution in [0.2, 0.25) is 0 Å². The number of hydrogen-bond donors (Lipinski definition) is 1. The van der Waals surface area contributed by atoms with E-state index < -0.39 is 5.63 Å². The summed E-state index contributed by atoms with van der Waals surface area (Å²) in [6.45, 7) is 4.36. The number of thiazole rings is 1. The van der Waals surface area contributed by atoms with Crippen molar-refractivity contribution in [3.8, 4) is 16.3 Å². The number of phenolic OH excluding ortho intramolecular Hbond substituents is 1. The average Bonchev–Trinajstić information content (AvgIpc) is 3.15. The lowest BCUT2D eigenvalue weighted by atomic mass is 10.1. The number of hydrogen-bond acceptors (Lipinski definition) is 7. The van der Waals surface area contributed by atoms with Crippen molar-refractivity contribution in [2.45, 2.75) is 6.54 Å². The third-order valence-electron chi connectivity index (χ3n) is 5.48. The number of fused-ring (bicyclic) bond motifs is 2. The van der Waals surface area contributed by atoms with Crippen molar-refractivity contribution < 1.29 is 9.52 Å². The van der Waals surface area contributed by atoms with E-state index in [1.54, 1.807) is 12.1 Å². The molecule has 6 nitrogen and oxygen atoms in total. The highest BCUT2D eigenvalue weighted by molar-refractivity contribution is 7.21. The summed E-state index contributed by atoms with van der Waals surface area (Å²) in [5.74, 6) is 0.160. The Morgan fingerprint density at radius 1 is 1.14 bits per heavy atom. The van der Waals surface area contributed by atoms with Crippen LogP contribution in [0.3, 0.4) is 0 Å². The van der Waals surface area contributed by atoms with Gasteiger partial charge in [0.25, 0.3) is 0 Å². The minimum Gasteiger partial charge on any atom is -0.507 e. The smallest absolute Gasteiger partial charge is 0.346 e. The summed E-state index contributed by atoms with van der Waals surface area (Å²) >= 11 is 1.48. The van der Waals surface area contributed by atoms with Crippen LogP contribution in [0.15, 0.2) is 51.7 Å². The number of phenols is 1. The molecule has 0 spiro atoms. The number of likely N-dealkylation sites (N-methyl/N-ethyl adjacent to an activating group) is 1. The van der Waals surface area contributed by atoms with Crippen LogP contribution in [0.5, 0.6) is 5.75 Å². The molecule has 0 aliphatic carbocycles. The van der Waals surface area contributed by atoms with Crippen molar-refractivity contribution in [3.63, 3.8) is 0 Å². The Hall–Kier alpha value is -2.74. The van der Waals surface area contributed by atoms with E-state index in [9.17, 15) is 9.90 Å². The Morgan fingerprint density at radius 2 is 1.93 bits per heavy atom. The molecule has 1 N–H and O–H groups in total. The summed E-state index contributed by atoms with van der Waals surface area (Å²) in [5, 5.41) is 11.9. The predicted octanol–water partition coefficient (Wildman–Crippen LogP) is 3.52. The first kappa shape index (κ1) is 18.3. The van der Waals surface area contributed by atoms with Crippen LogP contribution in [0.4, 0.5) is 0 Å². The van der Waals surface area contributed by atoms with Crippen molar-refractivity contribution in [1.29, 1.82) is 0 Å². The Labute approximate surface area is 171 Å². The molecule has 29 heavy (non-hydrogen) atoms. The molecule has 0 saturated carbocycles. The molecule has 2 aromatic carbocycles. The maximum Gasteiger partial charge on any atom is 0.346 e. The molecule has 0 radical (unpaired) electrons. The quantitative estimate of drug-likeness (QED) is 0.524. The summed E-state index contributed by atoms with van der Waals surface area (Å²) in [4.78, 5) is 22.0. The number of aromatic hydroxyl groups is 1. The second-order valence-electron chi connectivity index (χ2n) is 7.50. The third kappa shape index (κ3) is 3.42. The van der Waals surface area contributed by atoms with Gasteiger partial charge in [-0.25, -0.2) is 9.78 Å². The van der Waals surface area contributed by atoms with Gasteiger partial charge in [-0.1, -0.05) is 12.1 Å². The summed E-state index contributed by atoms with van der Waals surface area (Å²) in [7, 11) is 2.11. The summed E-state index contributed by atoms with van der Waals surface area (Å²) < 4.78 is 6.76. The molecule has 0 amide bonds. The monoisotopic (exact) mass is 407 g/mol. The van der Waals surface area contributed by atoms with Crippen molar-refractivity contribution in [2.75, 3.05) is 33.2 Å². The molecule has 0 unspecified atom stereocenters. The van der Waals surface area contributed by atoms with Gasteiger partial charge >= 0.3 is 5.63 Å². The molecule has 148 valence electrons. The fourth-order valence-corrected chi connectivity index (χ4v) is 4.72. The molecule has 1 aliphatic rings. The van der Waals surface area contributed by atoms with Crippen LogP contribution in [-0.4, -0.2) is 53.1 Å². The molecule has 7 heteroatoms. The summed E-state index contributed by atoms with van der Waals surface area (Å²) in [6, 6.07) is 13.1. The molecule has 1 aliphatic heterocycles. The molecular formula is C22H21N3O3S. The lowest BCUT2D eigenvalue weighted by Crippen LogP contribution is -2.43. The van der Waals surface area contributed by atoms with Gasteiger partial charge < -0.3 is 14.4 Å². The van der Waals surface area contributed by atoms with E-state index in [1.165, 1.54) is 11.3 Å². The van der Waals surface area contributed by atoms with Crippen molar-refractivity contribution in [1.82, 2.24) is 14.8 Å².